The van der Waals surface area contributed by atoms with Gasteiger partial charge in [0.2, 0.25) is 0 Å². The van der Waals surface area contributed by atoms with Gasteiger partial charge in [-0.2, -0.15) is 0 Å². The number of aryl methyl sites for hydroxylation is 1. The lowest BCUT2D eigenvalue weighted by Crippen LogP contribution is -2.52. The molecule has 2 bridgehead atoms. The molecule has 140 valence electrons. The second kappa shape index (κ2) is 9.14. The Morgan fingerprint density at radius 2 is 1.80 bits per heavy atom. The summed E-state index contributed by atoms with van der Waals surface area (Å²) >= 11 is 0. The standard InChI is InChI=1S/C22H34FNO/c1-25-21-17-20-10-8-16-22(21,24-20)15-7-5-3-2-4-6-9-18-11-13-19(23)14-12-18/h11-14,20-21,24H,2-10,15-17H2,1H3. The van der Waals surface area contributed by atoms with Gasteiger partial charge in [-0.15, -0.1) is 0 Å². The van der Waals surface area contributed by atoms with Crippen LogP contribution in [0, 0.1) is 5.82 Å². The molecule has 2 heterocycles. The van der Waals surface area contributed by atoms with Gasteiger partial charge < -0.3 is 10.1 Å². The molecular formula is C22H34FNO. The Kier molecular flexibility index (Phi) is 6.89. The molecule has 0 spiro atoms. The van der Waals surface area contributed by atoms with Crippen LogP contribution < -0.4 is 5.32 Å². The van der Waals surface area contributed by atoms with Crippen LogP contribution in [0.5, 0.6) is 0 Å². The molecule has 2 aliphatic heterocycles. The number of piperidine rings is 1. The zero-order valence-corrected chi connectivity index (χ0v) is 15.7. The lowest BCUT2D eigenvalue weighted by molar-refractivity contribution is 0.0353. The lowest BCUT2D eigenvalue weighted by Gasteiger charge is -2.38. The van der Waals surface area contributed by atoms with E-state index in [1.807, 2.05) is 19.2 Å². The molecule has 0 saturated carbocycles. The molecule has 2 fully saturated rings. The summed E-state index contributed by atoms with van der Waals surface area (Å²) in [5.74, 6) is -0.139. The molecule has 0 aliphatic carbocycles. The summed E-state index contributed by atoms with van der Waals surface area (Å²) in [6.07, 6.45) is 15.8. The van der Waals surface area contributed by atoms with Crippen LogP contribution in [0.25, 0.3) is 0 Å². The van der Waals surface area contributed by atoms with Gasteiger partial charge in [0.25, 0.3) is 0 Å². The monoisotopic (exact) mass is 347 g/mol. The highest BCUT2D eigenvalue weighted by atomic mass is 19.1. The Labute approximate surface area is 152 Å². The molecular weight excluding hydrogens is 313 g/mol. The van der Waals surface area contributed by atoms with Crippen molar-refractivity contribution < 1.29 is 9.13 Å². The Morgan fingerprint density at radius 1 is 1.08 bits per heavy atom. The van der Waals surface area contributed by atoms with E-state index in [0.29, 0.717) is 12.1 Å². The Hall–Kier alpha value is -0.930. The van der Waals surface area contributed by atoms with Gasteiger partial charge >= 0.3 is 0 Å². The maximum atomic E-state index is 12.9. The minimum Gasteiger partial charge on any atom is -0.379 e. The van der Waals surface area contributed by atoms with Crippen LogP contribution in [0.15, 0.2) is 24.3 Å². The molecule has 0 radical (unpaired) electrons. The lowest BCUT2D eigenvalue weighted by atomic mass is 9.83. The molecule has 3 atom stereocenters. The number of nitrogens with one attached hydrogen (secondary N) is 1. The van der Waals surface area contributed by atoms with Crippen molar-refractivity contribution in [1.82, 2.24) is 5.32 Å². The van der Waals surface area contributed by atoms with Crippen molar-refractivity contribution in [1.29, 1.82) is 0 Å². The number of hydrogen-bond acceptors (Lipinski definition) is 2. The molecule has 2 saturated heterocycles. The summed E-state index contributed by atoms with van der Waals surface area (Å²) in [4.78, 5) is 0. The molecule has 0 amide bonds. The highest BCUT2D eigenvalue weighted by Crippen LogP contribution is 2.40. The zero-order valence-electron chi connectivity index (χ0n) is 15.7. The van der Waals surface area contributed by atoms with E-state index in [9.17, 15) is 4.39 Å². The largest absolute Gasteiger partial charge is 0.379 e. The van der Waals surface area contributed by atoms with E-state index < -0.39 is 0 Å². The summed E-state index contributed by atoms with van der Waals surface area (Å²) in [7, 11) is 1.88. The fourth-order valence-corrected chi connectivity index (χ4v) is 4.94. The van der Waals surface area contributed by atoms with Gasteiger partial charge in [-0.05, 0) is 62.6 Å². The maximum absolute atomic E-state index is 12.9. The van der Waals surface area contributed by atoms with E-state index >= 15 is 0 Å². The highest BCUT2D eigenvalue weighted by Gasteiger charge is 2.48. The average Bonchev–Trinajstić information content (AvgIpc) is 2.88. The molecule has 1 aromatic rings. The van der Waals surface area contributed by atoms with E-state index in [4.69, 9.17) is 4.74 Å². The Bertz CT molecular complexity index is 517. The topological polar surface area (TPSA) is 21.3 Å². The smallest absolute Gasteiger partial charge is 0.123 e. The molecule has 3 rings (SSSR count). The number of benzene rings is 1. The third-order valence-electron chi connectivity index (χ3n) is 6.32. The number of methoxy groups -OCH3 is 1. The van der Waals surface area contributed by atoms with Gasteiger partial charge in [0.1, 0.15) is 5.82 Å². The fraction of sp³-hybridized carbons (Fsp3) is 0.727. The molecule has 25 heavy (non-hydrogen) atoms. The summed E-state index contributed by atoms with van der Waals surface area (Å²) < 4.78 is 18.7. The van der Waals surface area contributed by atoms with Crippen molar-refractivity contribution in [3.63, 3.8) is 0 Å². The first-order valence-corrected chi connectivity index (χ1v) is 10.3. The van der Waals surface area contributed by atoms with Crippen molar-refractivity contribution in [2.45, 2.75) is 94.7 Å². The quantitative estimate of drug-likeness (QED) is 0.572. The second-order valence-corrected chi connectivity index (χ2v) is 8.10. The number of hydrogen-bond donors (Lipinski definition) is 1. The molecule has 3 heteroatoms. The fourth-order valence-electron chi connectivity index (χ4n) is 4.94. The molecule has 2 nitrogen and oxygen atoms in total. The normalized spacial score (nSPS) is 28.4. The maximum Gasteiger partial charge on any atom is 0.123 e. The van der Waals surface area contributed by atoms with Crippen LogP contribution in [0.1, 0.15) is 76.2 Å². The average molecular weight is 348 g/mol. The van der Waals surface area contributed by atoms with E-state index in [2.05, 4.69) is 5.32 Å². The first-order valence-electron chi connectivity index (χ1n) is 10.3. The summed E-state index contributed by atoms with van der Waals surface area (Å²) in [6, 6.07) is 7.65. The van der Waals surface area contributed by atoms with E-state index in [1.54, 1.807) is 12.1 Å². The predicted molar refractivity (Wildman–Crippen MR) is 101 cm³/mol. The second-order valence-electron chi connectivity index (χ2n) is 8.10. The minimum atomic E-state index is -0.139. The van der Waals surface area contributed by atoms with Crippen LogP contribution in [0.4, 0.5) is 4.39 Å². The van der Waals surface area contributed by atoms with E-state index in [0.717, 1.165) is 6.42 Å². The zero-order chi connectivity index (χ0) is 17.5. The number of rotatable bonds is 10. The highest BCUT2D eigenvalue weighted by molar-refractivity contribution is 5.15. The Balaban J connectivity index is 1.26. The van der Waals surface area contributed by atoms with Crippen LogP contribution in [0.2, 0.25) is 0 Å². The van der Waals surface area contributed by atoms with Gasteiger partial charge in [0.05, 0.1) is 6.10 Å². The minimum absolute atomic E-state index is 0.139. The molecule has 2 aliphatic rings. The molecule has 0 aromatic heterocycles. The van der Waals surface area contributed by atoms with Gasteiger partial charge in [-0.25, -0.2) is 4.39 Å². The van der Waals surface area contributed by atoms with Crippen LogP contribution >= 0.6 is 0 Å². The van der Waals surface area contributed by atoms with Crippen LogP contribution in [-0.4, -0.2) is 24.8 Å². The summed E-state index contributed by atoms with van der Waals surface area (Å²) in [5, 5.41) is 3.89. The van der Waals surface area contributed by atoms with E-state index in [-0.39, 0.29) is 11.4 Å². The first kappa shape index (κ1) is 18.8. The number of unbranched alkanes of at least 4 members (excludes halogenated alkanes) is 5. The molecule has 1 aromatic carbocycles. The number of ether oxygens (including phenoxy) is 1. The third kappa shape index (κ3) is 5.04. The van der Waals surface area contributed by atoms with Crippen LogP contribution in [-0.2, 0) is 11.2 Å². The van der Waals surface area contributed by atoms with Crippen molar-refractivity contribution in [3.05, 3.63) is 35.6 Å². The Morgan fingerprint density at radius 3 is 2.56 bits per heavy atom. The van der Waals surface area contributed by atoms with Crippen molar-refractivity contribution >= 4 is 0 Å². The van der Waals surface area contributed by atoms with Gasteiger partial charge in [0.15, 0.2) is 0 Å². The molecule has 3 unspecified atom stereocenters. The summed E-state index contributed by atoms with van der Waals surface area (Å²) in [6.45, 7) is 0. The third-order valence-corrected chi connectivity index (χ3v) is 6.32. The first-order chi connectivity index (χ1) is 12.2. The van der Waals surface area contributed by atoms with Gasteiger partial charge in [0, 0.05) is 18.7 Å². The number of halogens is 1. The van der Waals surface area contributed by atoms with Gasteiger partial charge in [-0.1, -0.05) is 44.2 Å². The summed E-state index contributed by atoms with van der Waals surface area (Å²) in [5.41, 5.74) is 1.53. The predicted octanol–water partition coefficient (Wildman–Crippen LogP) is 5.40. The molecule has 1 N–H and O–H groups in total. The van der Waals surface area contributed by atoms with Gasteiger partial charge in [-0.3, -0.25) is 0 Å². The van der Waals surface area contributed by atoms with Crippen molar-refractivity contribution in [3.8, 4) is 0 Å². The van der Waals surface area contributed by atoms with Crippen LogP contribution in [0.3, 0.4) is 0 Å². The van der Waals surface area contributed by atoms with Crippen molar-refractivity contribution in [2.24, 2.45) is 0 Å². The SMILES string of the molecule is COC1CC2CCCC1(CCCCCCCCc1ccc(F)cc1)N2. The van der Waals surface area contributed by atoms with Crippen molar-refractivity contribution in [2.75, 3.05) is 7.11 Å². The van der Waals surface area contributed by atoms with E-state index in [1.165, 1.54) is 76.2 Å². The number of fused-ring (bicyclic) bond motifs is 2.